The van der Waals surface area contributed by atoms with Crippen LogP contribution in [0.2, 0.25) is 15.1 Å². The van der Waals surface area contributed by atoms with Crippen LogP contribution in [-0.2, 0) is 26.2 Å². The summed E-state index contributed by atoms with van der Waals surface area (Å²) in [5.41, 5.74) is 0.840. The zero-order valence-corrected chi connectivity index (χ0v) is 24.9. The van der Waals surface area contributed by atoms with Gasteiger partial charge < -0.3 is 10.2 Å². The quantitative estimate of drug-likeness (QED) is 0.287. The van der Waals surface area contributed by atoms with Gasteiger partial charge in [-0.1, -0.05) is 79.0 Å². The first-order chi connectivity index (χ1) is 18.4. The van der Waals surface area contributed by atoms with E-state index in [0.717, 1.165) is 4.31 Å². The number of amides is 2. The molecule has 0 aliphatic carbocycles. The number of halogens is 3. The van der Waals surface area contributed by atoms with Gasteiger partial charge in [0.15, 0.2) is 0 Å². The molecule has 0 heterocycles. The molecule has 0 saturated heterocycles. The molecule has 0 aromatic heterocycles. The highest BCUT2D eigenvalue weighted by Crippen LogP contribution is 2.27. The Labute approximate surface area is 244 Å². The summed E-state index contributed by atoms with van der Waals surface area (Å²) in [7, 11) is -4.16. The van der Waals surface area contributed by atoms with Crippen molar-refractivity contribution in [2.75, 3.05) is 17.4 Å². The molecule has 3 rings (SSSR count). The molecule has 0 aliphatic heterocycles. The molecule has 0 fully saturated rings. The number of rotatable bonds is 11. The van der Waals surface area contributed by atoms with E-state index < -0.39 is 28.5 Å². The molecule has 0 bridgehead atoms. The van der Waals surface area contributed by atoms with E-state index in [1.165, 1.54) is 23.1 Å². The van der Waals surface area contributed by atoms with Crippen LogP contribution in [0, 0.1) is 5.92 Å². The van der Waals surface area contributed by atoms with Gasteiger partial charge in [-0.25, -0.2) is 8.42 Å². The lowest BCUT2D eigenvalue weighted by Gasteiger charge is -2.32. The zero-order chi connectivity index (χ0) is 28.7. The van der Waals surface area contributed by atoms with E-state index in [4.69, 9.17) is 34.8 Å². The van der Waals surface area contributed by atoms with Gasteiger partial charge in [-0.2, -0.15) is 0 Å². The fourth-order valence-electron chi connectivity index (χ4n) is 3.75. The molecule has 0 aliphatic rings. The van der Waals surface area contributed by atoms with E-state index in [0.29, 0.717) is 27.2 Å². The number of carbonyl (C=O) groups excluding carboxylic acids is 2. The Hall–Kier alpha value is -2.78. The van der Waals surface area contributed by atoms with Gasteiger partial charge in [-0.05, 0) is 60.9 Å². The van der Waals surface area contributed by atoms with Gasteiger partial charge in [0.25, 0.3) is 10.0 Å². The second-order valence-corrected chi connectivity index (χ2v) is 12.5. The minimum Gasteiger partial charge on any atom is -0.354 e. The monoisotopic (exact) mass is 609 g/mol. The second kappa shape index (κ2) is 13.5. The summed E-state index contributed by atoms with van der Waals surface area (Å²) in [6.07, 6.45) is 0. The average molecular weight is 611 g/mol. The summed E-state index contributed by atoms with van der Waals surface area (Å²) in [5.74, 6) is -0.750. The maximum atomic E-state index is 13.9. The molecule has 7 nitrogen and oxygen atoms in total. The van der Waals surface area contributed by atoms with Gasteiger partial charge in [0.05, 0.1) is 20.6 Å². The van der Waals surface area contributed by atoms with Gasteiger partial charge >= 0.3 is 0 Å². The lowest BCUT2D eigenvalue weighted by atomic mass is 10.1. The van der Waals surface area contributed by atoms with E-state index in [2.05, 4.69) is 5.32 Å². The summed E-state index contributed by atoms with van der Waals surface area (Å²) in [6.45, 7) is 5.37. The standard InChI is InChI=1S/C28H30Cl3N3O4S/c1-19(2)16-32-28(36)20(3)33(17-21-12-13-25(30)26(31)14-21)27(35)18-34(23-9-7-8-22(29)15-23)39(37,38)24-10-5-4-6-11-24/h4-15,19-20H,16-18H2,1-3H3,(H,32,36)/t20-/m1/s1. The van der Waals surface area contributed by atoms with Crippen LogP contribution in [0.3, 0.4) is 0 Å². The smallest absolute Gasteiger partial charge is 0.264 e. The molecular formula is C28H30Cl3N3O4S. The summed E-state index contributed by atoms with van der Waals surface area (Å²) in [5, 5.41) is 3.80. The first-order valence-electron chi connectivity index (χ1n) is 12.2. The Balaban J connectivity index is 2.01. The van der Waals surface area contributed by atoms with Crippen molar-refractivity contribution in [1.29, 1.82) is 0 Å². The van der Waals surface area contributed by atoms with Crippen LogP contribution in [0.25, 0.3) is 0 Å². The fourth-order valence-corrected chi connectivity index (χ4v) is 5.68. The molecule has 3 aromatic carbocycles. The maximum absolute atomic E-state index is 13.9. The molecular weight excluding hydrogens is 581 g/mol. The zero-order valence-electron chi connectivity index (χ0n) is 21.8. The normalized spacial score (nSPS) is 12.2. The minimum absolute atomic E-state index is 0.000752. The third-order valence-electron chi connectivity index (χ3n) is 5.90. The molecule has 0 radical (unpaired) electrons. The summed E-state index contributed by atoms with van der Waals surface area (Å²) >= 11 is 18.4. The predicted octanol–water partition coefficient (Wildman–Crippen LogP) is 6.03. The van der Waals surface area contributed by atoms with E-state index >= 15 is 0 Å². The SMILES string of the molecule is CC(C)CNC(=O)[C@@H](C)N(Cc1ccc(Cl)c(Cl)c1)C(=O)CN(c1cccc(Cl)c1)S(=O)(=O)c1ccccc1. The topological polar surface area (TPSA) is 86.8 Å². The van der Waals surface area contributed by atoms with Crippen molar-refractivity contribution >= 4 is 62.3 Å². The van der Waals surface area contributed by atoms with Gasteiger partial charge in [-0.15, -0.1) is 0 Å². The molecule has 208 valence electrons. The largest absolute Gasteiger partial charge is 0.354 e. The number of hydrogen-bond donors (Lipinski definition) is 1. The van der Waals surface area contributed by atoms with Crippen molar-refractivity contribution in [3.05, 3.63) is 93.4 Å². The Kier molecular flexibility index (Phi) is 10.7. The Bertz CT molecular complexity index is 1420. The Morgan fingerprint density at radius 1 is 0.872 bits per heavy atom. The van der Waals surface area contributed by atoms with Crippen molar-refractivity contribution < 1.29 is 18.0 Å². The third-order valence-corrected chi connectivity index (χ3v) is 8.66. The van der Waals surface area contributed by atoms with Gasteiger partial charge in [0.2, 0.25) is 11.8 Å². The number of benzene rings is 3. The number of sulfonamides is 1. The van der Waals surface area contributed by atoms with Crippen LogP contribution >= 0.6 is 34.8 Å². The van der Waals surface area contributed by atoms with Crippen molar-refractivity contribution in [2.24, 2.45) is 5.92 Å². The van der Waals surface area contributed by atoms with E-state index in [1.54, 1.807) is 61.5 Å². The van der Waals surface area contributed by atoms with Crippen LogP contribution in [0.5, 0.6) is 0 Å². The first-order valence-corrected chi connectivity index (χ1v) is 14.8. The van der Waals surface area contributed by atoms with Crippen molar-refractivity contribution in [1.82, 2.24) is 10.2 Å². The minimum atomic E-state index is -4.16. The molecule has 3 aromatic rings. The van der Waals surface area contributed by atoms with Crippen LogP contribution in [-0.4, -0.2) is 44.3 Å². The number of nitrogens with one attached hydrogen (secondary N) is 1. The van der Waals surface area contributed by atoms with E-state index in [-0.39, 0.29) is 29.0 Å². The van der Waals surface area contributed by atoms with Crippen LogP contribution in [0.4, 0.5) is 5.69 Å². The Morgan fingerprint density at radius 3 is 2.18 bits per heavy atom. The molecule has 0 saturated carbocycles. The highest BCUT2D eigenvalue weighted by molar-refractivity contribution is 7.92. The Morgan fingerprint density at radius 2 is 1.56 bits per heavy atom. The first kappa shape index (κ1) is 30.8. The predicted molar refractivity (Wildman–Crippen MR) is 157 cm³/mol. The van der Waals surface area contributed by atoms with Crippen molar-refractivity contribution in [3.8, 4) is 0 Å². The third kappa shape index (κ3) is 8.11. The number of carbonyl (C=O) groups is 2. The van der Waals surface area contributed by atoms with Crippen LogP contribution < -0.4 is 9.62 Å². The van der Waals surface area contributed by atoms with Crippen molar-refractivity contribution in [3.63, 3.8) is 0 Å². The highest BCUT2D eigenvalue weighted by Gasteiger charge is 2.32. The summed E-state index contributed by atoms with van der Waals surface area (Å²) in [4.78, 5) is 28.2. The molecule has 1 atom stereocenters. The number of anilines is 1. The van der Waals surface area contributed by atoms with Crippen LogP contribution in [0.1, 0.15) is 26.3 Å². The molecule has 0 spiro atoms. The molecule has 1 N–H and O–H groups in total. The number of nitrogens with zero attached hydrogens (tertiary/aromatic N) is 2. The van der Waals surface area contributed by atoms with Gasteiger partial charge in [0, 0.05) is 18.1 Å². The fraction of sp³-hybridized carbons (Fsp3) is 0.286. The maximum Gasteiger partial charge on any atom is 0.264 e. The summed E-state index contributed by atoms with van der Waals surface area (Å²) < 4.78 is 28.4. The van der Waals surface area contributed by atoms with Crippen LogP contribution in [0.15, 0.2) is 77.7 Å². The summed E-state index contributed by atoms with van der Waals surface area (Å²) in [6, 6.07) is 18.0. The molecule has 2 amide bonds. The van der Waals surface area contributed by atoms with Crippen molar-refractivity contribution in [2.45, 2.75) is 38.3 Å². The molecule has 39 heavy (non-hydrogen) atoms. The average Bonchev–Trinajstić information content (AvgIpc) is 2.90. The van der Waals surface area contributed by atoms with E-state index in [9.17, 15) is 18.0 Å². The molecule has 11 heteroatoms. The van der Waals surface area contributed by atoms with Gasteiger partial charge in [-0.3, -0.25) is 13.9 Å². The van der Waals surface area contributed by atoms with E-state index in [1.807, 2.05) is 13.8 Å². The number of hydrogen-bond acceptors (Lipinski definition) is 4. The molecule has 0 unspecified atom stereocenters. The lowest BCUT2D eigenvalue weighted by Crippen LogP contribution is -2.51. The lowest BCUT2D eigenvalue weighted by molar-refractivity contribution is -0.139. The van der Waals surface area contributed by atoms with Gasteiger partial charge in [0.1, 0.15) is 12.6 Å². The second-order valence-electron chi connectivity index (χ2n) is 9.39. The highest BCUT2D eigenvalue weighted by atomic mass is 35.5.